The van der Waals surface area contributed by atoms with Crippen LogP contribution >= 0.6 is 27.3 Å². The van der Waals surface area contributed by atoms with Crippen LogP contribution in [0.15, 0.2) is 28.1 Å². The number of rotatable bonds is 3. The second-order valence-electron chi connectivity index (χ2n) is 3.29. The van der Waals surface area contributed by atoms with Gasteiger partial charge < -0.3 is 5.32 Å². The monoisotopic (exact) mass is 310 g/mol. The van der Waals surface area contributed by atoms with Crippen molar-refractivity contribution >= 4 is 38.7 Å². The normalized spacial score (nSPS) is 10.9. The van der Waals surface area contributed by atoms with Crippen molar-refractivity contribution in [1.29, 1.82) is 0 Å². The molecule has 0 aliphatic heterocycles. The van der Waals surface area contributed by atoms with Crippen molar-refractivity contribution in [1.82, 2.24) is 25.3 Å². The molecule has 0 amide bonds. The van der Waals surface area contributed by atoms with Crippen LogP contribution in [0.4, 0.5) is 5.82 Å². The maximum atomic E-state index is 4.22. The summed E-state index contributed by atoms with van der Waals surface area (Å²) in [6.07, 6.45) is 0. The van der Waals surface area contributed by atoms with Gasteiger partial charge in [0.1, 0.15) is 5.82 Å². The minimum absolute atomic E-state index is 0.632. The Morgan fingerprint density at radius 3 is 3.12 bits per heavy atom. The minimum Gasteiger partial charge on any atom is -0.364 e. The SMILES string of the molecule is Brc1ccsc1CNc1ccc2nnnn2n1. The number of halogens is 1. The summed E-state index contributed by atoms with van der Waals surface area (Å²) in [5, 5.41) is 20.6. The lowest BCUT2D eigenvalue weighted by Gasteiger charge is -2.03. The predicted octanol–water partition coefficient (Wildman–Crippen LogP) is 1.96. The fourth-order valence-electron chi connectivity index (χ4n) is 1.37. The summed E-state index contributed by atoms with van der Waals surface area (Å²) >= 11 is 5.18. The van der Waals surface area contributed by atoms with Gasteiger partial charge in [-0.2, -0.15) is 0 Å². The average Bonchev–Trinajstić information content (AvgIpc) is 2.94. The number of nitrogens with one attached hydrogen (secondary N) is 1. The summed E-state index contributed by atoms with van der Waals surface area (Å²) in [4.78, 5) is 1.23. The molecule has 0 radical (unpaired) electrons. The zero-order valence-electron chi connectivity index (χ0n) is 8.54. The quantitative estimate of drug-likeness (QED) is 0.801. The summed E-state index contributed by atoms with van der Waals surface area (Å²) in [6, 6.07) is 5.70. The van der Waals surface area contributed by atoms with Crippen molar-refractivity contribution in [2.45, 2.75) is 6.54 Å². The molecule has 8 heteroatoms. The molecule has 0 saturated heterocycles. The number of anilines is 1. The lowest BCUT2D eigenvalue weighted by Crippen LogP contribution is -2.04. The highest BCUT2D eigenvalue weighted by molar-refractivity contribution is 9.10. The van der Waals surface area contributed by atoms with Gasteiger partial charge in [-0.15, -0.1) is 26.2 Å². The van der Waals surface area contributed by atoms with Gasteiger partial charge in [0.2, 0.25) is 0 Å². The van der Waals surface area contributed by atoms with Crippen LogP contribution < -0.4 is 5.32 Å². The molecule has 3 rings (SSSR count). The molecule has 0 aliphatic rings. The van der Waals surface area contributed by atoms with Crippen molar-refractivity contribution in [2.24, 2.45) is 0 Å². The zero-order chi connectivity index (χ0) is 11.7. The molecule has 86 valence electrons. The van der Waals surface area contributed by atoms with Crippen LogP contribution in [0.5, 0.6) is 0 Å². The average molecular weight is 311 g/mol. The first-order valence-corrected chi connectivity index (χ1v) is 6.51. The van der Waals surface area contributed by atoms with Gasteiger partial charge in [0, 0.05) is 9.35 Å². The van der Waals surface area contributed by atoms with Crippen LogP contribution in [0.1, 0.15) is 4.88 Å². The lowest BCUT2D eigenvalue weighted by atomic mass is 10.4. The second-order valence-corrected chi connectivity index (χ2v) is 5.15. The molecule has 3 heterocycles. The third kappa shape index (κ3) is 2.13. The molecular weight excluding hydrogens is 304 g/mol. The topological polar surface area (TPSA) is 68.0 Å². The van der Waals surface area contributed by atoms with Crippen LogP contribution in [0.3, 0.4) is 0 Å². The third-order valence-electron chi connectivity index (χ3n) is 2.19. The van der Waals surface area contributed by atoms with Crippen LogP contribution in [-0.2, 0) is 6.54 Å². The van der Waals surface area contributed by atoms with Crippen LogP contribution in [0.2, 0.25) is 0 Å². The molecular formula is C9H7BrN6S. The molecule has 0 bridgehead atoms. The summed E-state index contributed by atoms with van der Waals surface area (Å²) in [5.74, 6) is 0.741. The Hall–Kier alpha value is -1.54. The standard InChI is InChI=1S/C9H7BrN6S/c10-6-3-4-17-7(6)5-11-8-1-2-9-12-14-15-16(9)13-8/h1-4H,5H2,(H,11,13). The van der Waals surface area contributed by atoms with E-state index in [1.54, 1.807) is 11.3 Å². The predicted molar refractivity (Wildman–Crippen MR) is 67.9 cm³/mol. The molecule has 6 nitrogen and oxygen atoms in total. The third-order valence-corrected chi connectivity index (χ3v) is 4.12. The maximum Gasteiger partial charge on any atom is 0.200 e. The number of aromatic nitrogens is 5. The molecule has 0 fully saturated rings. The number of hydrogen-bond donors (Lipinski definition) is 1. The Morgan fingerprint density at radius 1 is 1.35 bits per heavy atom. The summed E-state index contributed by atoms with van der Waals surface area (Å²) < 4.78 is 2.50. The van der Waals surface area contributed by atoms with Gasteiger partial charge in [0.25, 0.3) is 0 Å². The zero-order valence-corrected chi connectivity index (χ0v) is 10.9. The molecule has 0 aliphatic carbocycles. The Balaban J connectivity index is 1.78. The van der Waals surface area contributed by atoms with E-state index in [0.29, 0.717) is 5.65 Å². The minimum atomic E-state index is 0.632. The Morgan fingerprint density at radius 2 is 2.29 bits per heavy atom. The Bertz CT molecular complexity index is 648. The summed E-state index contributed by atoms with van der Waals surface area (Å²) in [7, 11) is 0. The number of hydrogen-bond acceptors (Lipinski definition) is 6. The van der Waals surface area contributed by atoms with Crippen LogP contribution in [0.25, 0.3) is 5.65 Å². The molecule has 0 atom stereocenters. The van der Waals surface area contributed by atoms with Gasteiger partial charge in [-0.05, 0) is 49.9 Å². The smallest absolute Gasteiger partial charge is 0.200 e. The highest BCUT2D eigenvalue weighted by atomic mass is 79.9. The molecule has 3 aromatic heterocycles. The van der Waals surface area contributed by atoms with Gasteiger partial charge in [-0.3, -0.25) is 0 Å². The first kappa shape index (κ1) is 10.6. The van der Waals surface area contributed by atoms with Crippen molar-refractivity contribution in [3.8, 4) is 0 Å². The van der Waals surface area contributed by atoms with E-state index in [-0.39, 0.29) is 0 Å². The molecule has 1 N–H and O–H groups in total. The van der Waals surface area contributed by atoms with E-state index < -0.39 is 0 Å². The van der Waals surface area contributed by atoms with Gasteiger partial charge in [-0.1, -0.05) is 0 Å². The first-order chi connectivity index (χ1) is 8.33. The molecule has 3 aromatic rings. The van der Waals surface area contributed by atoms with E-state index in [0.717, 1.165) is 16.8 Å². The second kappa shape index (κ2) is 4.38. The van der Waals surface area contributed by atoms with Gasteiger partial charge in [0.15, 0.2) is 5.65 Å². The van der Waals surface area contributed by atoms with E-state index in [2.05, 4.69) is 41.9 Å². The number of nitrogens with zero attached hydrogens (tertiary/aromatic N) is 5. The van der Waals surface area contributed by atoms with Crippen molar-refractivity contribution in [3.05, 3.63) is 32.9 Å². The number of tetrazole rings is 1. The van der Waals surface area contributed by atoms with Gasteiger partial charge in [-0.25, -0.2) is 0 Å². The largest absolute Gasteiger partial charge is 0.364 e. The summed E-state index contributed by atoms with van der Waals surface area (Å²) in [6.45, 7) is 0.721. The van der Waals surface area contributed by atoms with E-state index >= 15 is 0 Å². The molecule has 0 spiro atoms. The molecule has 0 unspecified atom stereocenters. The first-order valence-electron chi connectivity index (χ1n) is 4.84. The number of fused-ring (bicyclic) bond motifs is 1. The fraction of sp³-hybridized carbons (Fsp3) is 0.111. The van der Waals surface area contributed by atoms with E-state index in [4.69, 9.17) is 0 Å². The van der Waals surface area contributed by atoms with Gasteiger partial charge in [0.05, 0.1) is 6.54 Å². The number of thiophene rings is 1. The highest BCUT2D eigenvalue weighted by Gasteiger charge is 2.03. The van der Waals surface area contributed by atoms with Crippen molar-refractivity contribution < 1.29 is 0 Å². The van der Waals surface area contributed by atoms with Gasteiger partial charge >= 0.3 is 0 Å². The molecule has 0 saturated carbocycles. The fourth-order valence-corrected chi connectivity index (χ4v) is 2.80. The summed E-state index contributed by atoms with van der Waals surface area (Å²) in [5.41, 5.74) is 0.632. The molecule has 17 heavy (non-hydrogen) atoms. The lowest BCUT2D eigenvalue weighted by molar-refractivity contribution is 0.734. The van der Waals surface area contributed by atoms with Crippen molar-refractivity contribution in [2.75, 3.05) is 5.32 Å². The maximum absolute atomic E-state index is 4.22. The van der Waals surface area contributed by atoms with Crippen LogP contribution in [-0.4, -0.2) is 25.3 Å². The Labute approximate surface area is 109 Å². The van der Waals surface area contributed by atoms with E-state index in [1.165, 1.54) is 9.51 Å². The Kier molecular flexibility index (Phi) is 2.73. The van der Waals surface area contributed by atoms with E-state index in [9.17, 15) is 0 Å². The van der Waals surface area contributed by atoms with Crippen LogP contribution in [0, 0.1) is 0 Å². The van der Waals surface area contributed by atoms with E-state index in [1.807, 2.05) is 23.6 Å². The van der Waals surface area contributed by atoms with Crippen molar-refractivity contribution in [3.63, 3.8) is 0 Å². The highest BCUT2D eigenvalue weighted by Crippen LogP contribution is 2.23. The molecule has 0 aromatic carbocycles.